The molecule has 1 aromatic heterocycles. The van der Waals surface area contributed by atoms with Gasteiger partial charge >= 0.3 is 0 Å². The SMILES string of the molecule is Cc1nccn1CCNC(=O)[C@@H](C)c1ccc(C[C@@H]2CCCC2=O)cc1. The molecule has 5 nitrogen and oxygen atoms in total. The lowest BCUT2D eigenvalue weighted by Gasteiger charge is -2.14. The quantitative estimate of drug-likeness (QED) is 0.832. The fraction of sp³-hybridized carbons (Fsp3) is 0.476. The first-order chi connectivity index (χ1) is 12.5. The number of carbonyl (C=O) groups is 2. The van der Waals surface area contributed by atoms with Crippen molar-refractivity contribution in [1.29, 1.82) is 0 Å². The Morgan fingerprint density at radius 2 is 2.12 bits per heavy atom. The minimum atomic E-state index is -0.193. The Labute approximate surface area is 154 Å². The Morgan fingerprint density at radius 1 is 1.35 bits per heavy atom. The molecule has 0 unspecified atom stereocenters. The fourth-order valence-electron chi connectivity index (χ4n) is 3.57. The zero-order chi connectivity index (χ0) is 18.5. The highest BCUT2D eigenvalue weighted by Crippen LogP contribution is 2.25. The van der Waals surface area contributed by atoms with Crippen LogP contribution in [0.3, 0.4) is 0 Å². The molecule has 0 aliphatic heterocycles. The summed E-state index contributed by atoms with van der Waals surface area (Å²) >= 11 is 0. The van der Waals surface area contributed by atoms with E-state index in [1.165, 1.54) is 5.56 Å². The van der Waals surface area contributed by atoms with E-state index in [4.69, 9.17) is 0 Å². The largest absolute Gasteiger partial charge is 0.354 e. The molecule has 1 aliphatic rings. The predicted molar refractivity (Wildman–Crippen MR) is 101 cm³/mol. The molecule has 2 atom stereocenters. The van der Waals surface area contributed by atoms with Crippen LogP contribution in [0, 0.1) is 12.8 Å². The van der Waals surface area contributed by atoms with E-state index in [0.29, 0.717) is 12.3 Å². The van der Waals surface area contributed by atoms with Crippen LogP contribution in [0.4, 0.5) is 0 Å². The van der Waals surface area contributed by atoms with Crippen LogP contribution in [0.2, 0.25) is 0 Å². The summed E-state index contributed by atoms with van der Waals surface area (Å²) in [7, 11) is 0. The number of nitrogens with one attached hydrogen (secondary N) is 1. The van der Waals surface area contributed by atoms with Gasteiger partial charge < -0.3 is 9.88 Å². The minimum absolute atomic E-state index is 0.0292. The highest BCUT2D eigenvalue weighted by molar-refractivity contribution is 5.83. The zero-order valence-corrected chi connectivity index (χ0v) is 15.6. The second kappa shape index (κ2) is 8.30. The summed E-state index contributed by atoms with van der Waals surface area (Å²) in [5.41, 5.74) is 2.18. The average Bonchev–Trinajstić information content (AvgIpc) is 3.23. The molecule has 1 heterocycles. The van der Waals surface area contributed by atoms with Crippen molar-refractivity contribution in [3.05, 3.63) is 53.6 Å². The van der Waals surface area contributed by atoms with Crippen molar-refractivity contribution in [3.63, 3.8) is 0 Å². The van der Waals surface area contributed by atoms with Crippen molar-refractivity contribution < 1.29 is 9.59 Å². The van der Waals surface area contributed by atoms with Crippen molar-refractivity contribution in [1.82, 2.24) is 14.9 Å². The Hall–Kier alpha value is -2.43. The molecule has 138 valence electrons. The van der Waals surface area contributed by atoms with E-state index in [1.54, 1.807) is 6.20 Å². The second-order valence-electron chi connectivity index (χ2n) is 7.18. The normalized spacial score (nSPS) is 18.1. The first-order valence-corrected chi connectivity index (χ1v) is 9.41. The lowest BCUT2D eigenvalue weighted by Crippen LogP contribution is -2.31. The van der Waals surface area contributed by atoms with E-state index >= 15 is 0 Å². The third kappa shape index (κ3) is 4.40. The lowest BCUT2D eigenvalue weighted by molar-refractivity contribution is -0.122. The zero-order valence-electron chi connectivity index (χ0n) is 15.6. The molecular weight excluding hydrogens is 326 g/mol. The van der Waals surface area contributed by atoms with Crippen LogP contribution >= 0.6 is 0 Å². The molecule has 3 rings (SSSR count). The van der Waals surface area contributed by atoms with Gasteiger partial charge in [0.1, 0.15) is 11.6 Å². The highest BCUT2D eigenvalue weighted by Gasteiger charge is 2.24. The maximum Gasteiger partial charge on any atom is 0.227 e. The van der Waals surface area contributed by atoms with Crippen LogP contribution in [0.5, 0.6) is 0 Å². The van der Waals surface area contributed by atoms with Gasteiger partial charge in [0, 0.05) is 37.8 Å². The summed E-state index contributed by atoms with van der Waals surface area (Å²) in [5.74, 6) is 1.37. The van der Waals surface area contributed by atoms with Gasteiger partial charge in [0.25, 0.3) is 0 Å². The van der Waals surface area contributed by atoms with Gasteiger partial charge in [0.2, 0.25) is 5.91 Å². The Kier molecular flexibility index (Phi) is 5.86. The molecule has 1 aliphatic carbocycles. The number of hydrogen-bond acceptors (Lipinski definition) is 3. The summed E-state index contributed by atoms with van der Waals surface area (Å²) in [5, 5.41) is 2.99. The number of amides is 1. The summed E-state index contributed by atoms with van der Waals surface area (Å²) in [4.78, 5) is 28.3. The number of Topliss-reactive ketones (excluding diaryl/α,β-unsaturated/α-hetero) is 1. The predicted octanol–water partition coefficient (Wildman–Crippen LogP) is 3.02. The molecule has 0 radical (unpaired) electrons. The Bertz CT molecular complexity index is 764. The standard InChI is InChI=1S/C21H27N3O2/c1-15(21(26)23-11-13-24-12-10-22-16(24)2)18-8-6-17(7-9-18)14-19-4-3-5-20(19)25/h6-10,12,15,19H,3-5,11,13-14H2,1-2H3,(H,23,26)/t15-,19-/m0/s1. The van der Waals surface area contributed by atoms with Crippen molar-refractivity contribution >= 4 is 11.7 Å². The number of aromatic nitrogens is 2. The summed E-state index contributed by atoms with van der Waals surface area (Å²) < 4.78 is 2.02. The van der Waals surface area contributed by atoms with Crippen LogP contribution in [0.25, 0.3) is 0 Å². The fourth-order valence-corrected chi connectivity index (χ4v) is 3.57. The van der Waals surface area contributed by atoms with Crippen molar-refractivity contribution in [2.45, 2.75) is 52.0 Å². The topological polar surface area (TPSA) is 64.0 Å². The van der Waals surface area contributed by atoms with Gasteiger partial charge in [0.05, 0.1) is 5.92 Å². The molecule has 0 spiro atoms. The number of carbonyl (C=O) groups excluding carboxylic acids is 2. The van der Waals surface area contributed by atoms with Gasteiger partial charge in [-0.15, -0.1) is 0 Å². The number of imidazole rings is 1. The van der Waals surface area contributed by atoms with Crippen LogP contribution in [-0.2, 0) is 22.6 Å². The Balaban J connectivity index is 1.50. The van der Waals surface area contributed by atoms with Gasteiger partial charge in [-0.2, -0.15) is 0 Å². The van der Waals surface area contributed by atoms with Crippen molar-refractivity contribution in [3.8, 4) is 0 Å². The molecule has 1 aromatic carbocycles. The highest BCUT2D eigenvalue weighted by atomic mass is 16.1. The third-order valence-corrected chi connectivity index (χ3v) is 5.36. The average molecular weight is 353 g/mol. The van der Waals surface area contributed by atoms with Crippen molar-refractivity contribution in [2.24, 2.45) is 5.92 Å². The molecule has 1 amide bonds. The molecule has 0 bridgehead atoms. The summed E-state index contributed by atoms with van der Waals surface area (Å²) in [6, 6.07) is 8.14. The van der Waals surface area contributed by atoms with E-state index in [9.17, 15) is 9.59 Å². The smallest absolute Gasteiger partial charge is 0.227 e. The second-order valence-corrected chi connectivity index (χ2v) is 7.18. The first kappa shape index (κ1) is 18.4. The van der Waals surface area contributed by atoms with Gasteiger partial charge in [-0.25, -0.2) is 4.98 Å². The molecule has 0 saturated heterocycles. The number of rotatable bonds is 7. The van der Waals surface area contributed by atoms with E-state index in [0.717, 1.165) is 43.6 Å². The number of hydrogen-bond donors (Lipinski definition) is 1. The van der Waals surface area contributed by atoms with Crippen LogP contribution in [-0.4, -0.2) is 27.8 Å². The summed E-state index contributed by atoms with van der Waals surface area (Å²) in [6.07, 6.45) is 7.27. The van der Waals surface area contributed by atoms with Crippen LogP contribution in [0.15, 0.2) is 36.7 Å². The Morgan fingerprint density at radius 3 is 2.73 bits per heavy atom. The van der Waals surface area contributed by atoms with E-state index in [1.807, 2.05) is 36.7 Å². The molecular formula is C21H27N3O2. The van der Waals surface area contributed by atoms with Crippen molar-refractivity contribution in [2.75, 3.05) is 6.54 Å². The van der Waals surface area contributed by atoms with E-state index in [-0.39, 0.29) is 17.7 Å². The minimum Gasteiger partial charge on any atom is -0.354 e. The number of aryl methyl sites for hydroxylation is 1. The molecule has 5 heteroatoms. The maximum absolute atomic E-state index is 12.4. The van der Waals surface area contributed by atoms with Gasteiger partial charge in [-0.05, 0) is 44.2 Å². The molecule has 1 fully saturated rings. The maximum atomic E-state index is 12.4. The number of benzene rings is 1. The van der Waals surface area contributed by atoms with Crippen LogP contribution in [0.1, 0.15) is 49.1 Å². The molecule has 1 N–H and O–H groups in total. The van der Waals surface area contributed by atoms with Gasteiger partial charge in [-0.1, -0.05) is 24.3 Å². The number of ketones is 1. The van der Waals surface area contributed by atoms with Crippen LogP contribution < -0.4 is 5.32 Å². The third-order valence-electron chi connectivity index (χ3n) is 5.36. The molecule has 26 heavy (non-hydrogen) atoms. The number of nitrogens with zero attached hydrogens (tertiary/aromatic N) is 2. The van der Waals surface area contributed by atoms with E-state index in [2.05, 4.69) is 22.4 Å². The monoisotopic (exact) mass is 353 g/mol. The van der Waals surface area contributed by atoms with E-state index < -0.39 is 0 Å². The van der Waals surface area contributed by atoms with Gasteiger partial charge in [0.15, 0.2) is 0 Å². The lowest BCUT2D eigenvalue weighted by atomic mass is 9.94. The molecule has 1 saturated carbocycles. The molecule has 2 aromatic rings. The first-order valence-electron chi connectivity index (χ1n) is 9.41. The summed E-state index contributed by atoms with van der Waals surface area (Å²) in [6.45, 7) is 5.18. The van der Waals surface area contributed by atoms with Gasteiger partial charge in [-0.3, -0.25) is 9.59 Å².